The SMILES string of the molecule is NC(=O)c1ccc(Oc2ccc3ccccc3c2)c(N)c1. The molecule has 0 aliphatic rings. The topological polar surface area (TPSA) is 78.3 Å². The number of nitrogen functional groups attached to an aromatic ring is 1. The summed E-state index contributed by atoms with van der Waals surface area (Å²) in [7, 11) is 0. The van der Waals surface area contributed by atoms with E-state index in [1.54, 1.807) is 12.1 Å². The van der Waals surface area contributed by atoms with Crippen LogP contribution in [0.5, 0.6) is 11.5 Å². The minimum Gasteiger partial charge on any atom is -0.455 e. The molecule has 1 amide bonds. The number of carbonyl (C=O) groups excluding carboxylic acids is 1. The molecule has 0 unspecified atom stereocenters. The third-order valence-electron chi connectivity index (χ3n) is 3.24. The van der Waals surface area contributed by atoms with Gasteiger partial charge in [-0.3, -0.25) is 4.79 Å². The highest BCUT2D eigenvalue weighted by atomic mass is 16.5. The average Bonchev–Trinajstić information content (AvgIpc) is 2.49. The van der Waals surface area contributed by atoms with Crippen molar-refractivity contribution < 1.29 is 9.53 Å². The van der Waals surface area contributed by atoms with Crippen LogP contribution in [-0.4, -0.2) is 5.91 Å². The molecule has 4 N–H and O–H groups in total. The number of primary amides is 1. The first-order valence-corrected chi connectivity index (χ1v) is 6.49. The Kier molecular flexibility index (Phi) is 3.20. The lowest BCUT2D eigenvalue weighted by atomic mass is 10.1. The third-order valence-corrected chi connectivity index (χ3v) is 3.24. The Morgan fingerprint density at radius 2 is 1.67 bits per heavy atom. The van der Waals surface area contributed by atoms with E-state index in [2.05, 4.69) is 0 Å². The minimum atomic E-state index is -0.515. The highest BCUT2D eigenvalue weighted by Crippen LogP contribution is 2.30. The van der Waals surface area contributed by atoms with Gasteiger partial charge in [-0.25, -0.2) is 0 Å². The molecule has 0 saturated carbocycles. The fraction of sp³-hybridized carbons (Fsp3) is 0. The molecule has 0 fully saturated rings. The highest BCUT2D eigenvalue weighted by molar-refractivity contribution is 5.94. The molecule has 3 rings (SSSR count). The second kappa shape index (κ2) is 5.17. The Balaban J connectivity index is 1.93. The van der Waals surface area contributed by atoms with E-state index in [-0.39, 0.29) is 0 Å². The molecule has 104 valence electrons. The van der Waals surface area contributed by atoms with Crippen LogP contribution in [0.1, 0.15) is 10.4 Å². The maximum Gasteiger partial charge on any atom is 0.248 e. The van der Waals surface area contributed by atoms with Crippen molar-refractivity contribution in [2.75, 3.05) is 5.73 Å². The summed E-state index contributed by atoms with van der Waals surface area (Å²) < 4.78 is 5.77. The molecule has 3 aromatic rings. The molecule has 4 heteroatoms. The zero-order chi connectivity index (χ0) is 14.8. The molecule has 0 aromatic heterocycles. The summed E-state index contributed by atoms with van der Waals surface area (Å²) in [6, 6.07) is 18.6. The van der Waals surface area contributed by atoms with Crippen molar-refractivity contribution in [1.29, 1.82) is 0 Å². The zero-order valence-corrected chi connectivity index (χ0v) is 11.2. The van der Waals surface area contributed by atoms with Crippen LogP contribution in [0.2, 0.25) is 0 Å². The van der Waals surface area contributed by atoms with Crippen molar-refractivity contribution in [3.63, 3.8) is 0 Å². The van der Waals surface area contributed by atoms with Gasteiger partial charge in [-0.15, -0.1) is 0 Å². The minimum absolute atomic E-state index is 0.360. The fourth-order valence-electron chi connectivity index (χ4n) is 2.15. The summed E-state index contributed by atoms with van der Waals surface area (Å²) in [6.07, 6.45) is 0. The van der Waals surface area contributed by atoms with Gasteiger partial charge in [-0.2, -0.15) is 0 Å². The maximum absolute atomic E-state index is 11.1. The zero-order valence-electron chi connectivity index (χ0n) is 11.2. The highest BCUT2D eigenvalue weighted by Gasteiger charge is 2.07. The number of carbonyl (C=O) groups is 1. The van der Waals surface area contributed by atoms with E-state index in [9.17, 15) is 4.79 Å². The Hall–Kier alpha value is -3.01. The van der Waals surface area contributed by atoms with Crippen molar-refractivity contribution in [3.05, 3.63) is 66.2 Å². The second-order valence-corrected chi connectivity index (χ2v) is 4.73. The van der Waals surface area contributed by atoms with Gasteiger partial charge in [0.15, 0.2) is 0 Å². The summed E-state index contributed by atoms with van der Waals surface area (Å²) in [5.41, 5.74) is 11.8. The molecule has 4 nitrogen and oxygen atoms in total. The van der Waals surface area contributed by atoms with E-state index in [1.165, 1.54) is 6.07 Å². The standard InChI is InChI=1S/C17H14N2O2/c18-15-10-13(17(19)20)6-8-16(15)21-14-7-5-11-3-1-2-4-12(11)9-14/h1-10H,18H2,(H2,19,20). The van der Waals surface area contributed by atoms with Crippen molar-refractivity contribution in [1.82, 2.24) is 0 Å². The van der Waals surface area contributed by atoms with Gasteiger partial charge in [0.2, 0.25) is 5.91 Å². The molecule has 0 aliphatic carbocycles. The third kappa shape index (κ3) is 2.65. The van der Waals surface area contributed by atoms with Crippen LogP contribution < -0.4 is 16.2 Å². The Morgan fingerprint density at radius 1 is 0.905 bits per heavy atom. The first kappa shape index (κ1) is 13.0. The number of amides is 1. The lowest BCUT2D eigenvalue weighted by molar-refractivity contribution is 0.100. The molecular formula is C17H14N2O2. The van der Waals surface area contributed by atoms with Gasteiger partial charge in [0.25, 0.3) is 0 Å². The van der Waals surface area contributed by atoms with Gasteiger partial charge in [0.1, 0.15) is 11.5 Å². The van der Waals surface area contributed by atoms with Crippen molar-refractivity contribution in [2.45, 2.75) is 0 Å². The monoisotopic (exact) mass is 278 g/mol. The Bertz CT molecular complexity index is 828. The molecule has 0 aliphatic heterocycles. The molecule has 0 atom stereocenters. The first-order chi connectivity index (χ1) is 10.1. The lowest BCUT2D eigenvalue weighted by Gasteiger charge is -2.10. The van der Waals surface area contributed by atoms with Crippen LogP contribution in [-0.2, 0) is 0 Å². The molecule has 0 spiro atoms. The summed E-state index contributed by atoms with van der Waals surface area (Å²) in [5.74, 6) is 0.668. The van der Waals surface area contributed by atoms with Crippen LogP contribution in [0.4, 0.5) is 5.69 Å². The predicted molar refractivity (Wildman–Crippen MR) is 83.4 cm³/mol. The summed E-state index contributed by atoms with van der Waals surface area (Å²) in [6.45, 7) is 0. The number of fused-ring (bicyclic) bond motifs is 1. The van der Waals surface area contributed by atoms with Gasteiger partial charge in [-0.1, -0.05) is 30.3 Å². The number of anilines is 1. The number of hydrogen-bond donors (Lipinski definition) is 2. The normalized spacial score (nSPS) is 10.5. The van der Waals surface area contributed by atoms with Crippen molar-refractivity contribution in [3.8, 4) is 11.5 Å². The van der Waals surface area contributed by atoms with Crippen LogP contribution in [0.15, 0.2) is 60.7 Å². The number of hydrogen-bond acceptors (Lipinski definition) is 3. The van der Waals surface area contributed by atoms with E-state index in [0.29, 0.717) is 22.7 Å². The Labute approximate surface area is 121 Å². The van der Waals surface area contributed by atoms with Gasteiger partial charge >= 0.3 is 0 Å². The number of benzene rings is 3. The van der Waals surface area contributed by atoms with Crippen LogP contribution in [0.25, 0.3) is 10.8 Å². The molecular weight excluding hydrogens is 264 g/mol. The van der Waals surface area contributed by atoms with E-state index >= 15 is 0 Å². The van der Waals surface area contributed by atoms with Crippen molar-refractivity contribution in [2.24, 2.45) is 5.73 Å². The van der Waals surface area contributed by atoms with Crippen LogP contribution in [0, 0.1) is 0 Å². The fourth-order valence-corrected chi connectivity index (χ4v) is 2.15. The van der Waals surface area contributed by atoms with E-state index in [4.69, 9.17) is 16.2 Å². The smallest absolute Gasteiger partial charge is 0.248 e. The van der Waals surface area contributed by atoms with E-state index in [0.717, 1.165) is 10.8 Å². The van der Waals surface area contributed by atoms with Gasteiger partial charge in [0.05, 0.1) is 5.69 Å². The lowest BCUT2D eigenvalue weighted by Crippen LogP contribution is -2.11. The number of rotatable bonds is 3. The van der Waals surface area contributed by atoms with Gasteiger partial charge in [0, 0.05) is 5.56 Å². The largest absolute Gasteiger partial charge is 0.455 e. The van der Waals surface area contributed by atoms with E-state index < -0.39 is 5.91 Å². The van der Waals surface area contributed by atoms with Crippen LogP contribution >= 0.6 is 0 Å². The maximum atomic E-state index is 11.1. The Morgan fingerprint density at radius 3 is 2.38 bits per heavy atom. The van der Waals surface area contributed by atoms with Crippen molar-refractivity contribution >= 4 is 22.4 Å². The van der Waals surface area contributed by atoms with Gasteiger partial charge < -0.3 is 16.2 Å². The average molecular weight is 278 g/mol. The molecule has 0 bridgehead atoms. The molecule has 21 heavy (non-hydrogen) atoms. The predicted octanol–water partition coefficient (Wildman–Crippen LogP) is 3.31. The molecule has 3 aromatic carbocycles. The van der Waals surface area contributed by atoms with Crippen LogP contribution in [0.3, 0.4) is 0 Å². The molecule has 0 saturated heterocycles. The second-order valence-electron chi connectivity index (χ2n) is 4.73. The number of ether oxygens (including phenoxy) is 1. The molecule has 0 heterocycles. The summed E-state index contributed by atoms with van der Waals surface area (Å²) in [5, 5.41) is 2.23. The summed E-state index contributed by atoms with van der Waals surface area (Å²) >= 11 is 0. The quantitative estimate of drug-likeness (QED) is 0.721. The van der Waals surface area contributed by atoms with E-state index in [1.807, 2.05) is 42.5 Å². The number of nitrogens with two attached hydrogens (primary N) is 2. The first-order valence-electron chi connectivity index (χ1n) is 6.49. The summed E-state index contributed by atoms with van der Waals surface area (Å²) in [4.78, 5) is 11.1. The molecule has 0 radical (unpaired) electrons. The van der Waals surface area contributed by atoms with Gasteiger partial charge in [-0.05, 0) is 41.1 Å².